The average molecular weight is 401 g/mol. The highest BCUT2D eigenvalue weighted by Crippen LogP contribution is 2.33. The highest BCUT2D eigenvalue weighted by molar-refractivity contribution is 8.26. The molecule has 1 fully saturated rings. The van der Waals surface area contributed by atoms with E-state index in [2.05, 4.69) is 5.43 Å². The highest BCUT2D eigenvalue weighted by atomic mass is 32.2. The maximum absolute atomic E-state index is 12.6. The van der Waals surface area contributed by atoms with Crippen LogP contribution in [0, 0.1) is 10.1 Å². The number of nitrogens with zero attached hydrogens (tertiary/aromatic N) is 2. The number of thiocarbonyl (C=S) groups is 1. The second kappa shape index (κ2) is 7.56. The molecule has 0 unspecified atom stereocenters. The van der Waals surface area contributed by atoms with Crippen LogP contribution in [-0.4, -0.2) is 31.2 Å². The van der Waals surface area contributed by atoms with E-state index in [0.29, 0.717) is 11.3 Å². The number of hydrogen-bond acceptors (Lipinski definition) is 7. The summed E-state index contributed by atoms with van der Waals surface area (Å²) >= 11 is 6.23. The Balaban J connectivity index is 1.83. The second-order valence-corrected chi connectivity index (χ2v) is 7.00. The molecule has 27 heavy (non-hydrogen) atoms. The molecule has 1 aliphatic rings. The lowest BCUT2D eigenvalue weighted by molar-refractivity contribution is -0.384. The number of carbonyl (C=O) groups excluding carboxylic acids is 1. The average Bonchev–Trinajstić information content (AvgIpc) is 2.90. The lowest BCUT2D eigenvalue weighted by Gasteiger charge is -2.16. The molecule has 10 heteroatoms. The fourth-order valence-electron chi connectivity index (χ4n) is 2.31. The van der Waals surface area contributed by atoms with Gasteiger partial charge >= 0.3 is 5.97 Å². The van der Waals surface area contributed by atoms with Crippen molar-refractivity contribution in [1.82, 2.24) is 5.01 Å². The Morgan fingerprint density at radius 2 is 1.89 bits per heavy atom. The number of hydrazine groups is 1. The SMILES string of the molecule is O=C(O)c1ccccc1/C=C1/SC(=S)N(Nc2ccc([N+](=O)[O-])cc2)C1=O. The highest BCUT2D eigenvalue weighted by Gasteiger charge is 2.32. The van der Waals surface area contributed by atoms with Gasteiger partial charge in [0.15, 0.2) is 4.32 Å². The van der Waals surface area contributed by atoms with Crippen LogP contribution in [0.1, 0.15) is 15.9 Å². The number of hydrogen-bond donors (Lipinski definition) is 2. The molecule has 0 bridgehead atoms. The summed E-state index contributed by atoms with van der Waals surface area (Å²) in [4.78, 5) is 34.4. The Morgan fingerprint density at radius 3 is 2.52 bits per heavy atom. The summed E-state index contributed by atoms with van der Waals surface area (Å²) in [7, 11) is 0. The lowest BCUT2D eigenvalue weighted by Crippen LogP contribution is -2.33. The number of carbonyl (C=O) groups is 2. The quantitative estimate of drug-likeness (QED) is 0.339. The van der Waals surface area contributed by atoms with Crippen molar-refractivity contribution in [2.45, 2.75) is 0 Å². The third-order valence-corrected chi connectivity index (χ3v) is 4.89. The van der Waals surface area contributed by atoms with Crippen LogP contribution < -0.4 is 5.43 Å². The van der Waals surface area contributed by atoms with Crippen molar-refractivity contribution in [3.63, 3.8) is 0 Å². The summed E-state index contributed by atoms with van der Waals surface area (Å²) in [6.45, 7) is 0. The van der Waals surface area contributed by atoms with Crippen LogP contribution in [0.4, 0.5) is 11.4 Å². The standard InChI is InChI=1S/C17H11N3O5S2/c21-15-14(9-10-3-1-2-4-13(10)16(22)23)27-17(26)19(15)18-11-5-7-12(8-6-11)20(24)25/h1-9,18H,(H,22,23)/b14-9+. The Morgan fingerprint density at radius 1 is 1.22 bits per heavy atom. The van der Waals surface area contributed by atoms with Gasteiger partial charge in [0.1, 0.15) is 0 Å². The number of nitro groups is 1. The van der Waals surface area contributed by atoms with Gasteiger partial charge in [0, 0.05) is 12.1 Å². The predicted molar refractivity (Wildman–Crippen MR) is 105 cm³/mol. The van der Waals surface area contributed by atoms with Crippen molar-refractivity contribution < 1.29 is 19.6 Å². The van der Waals surface area contributed by atoms with Gasteiger partial charge in [0.25, 0.3) is 11.6 Å². The molecule has 0 radical (unpaired) electrons. The van der Waals surface area contributed by atoms with Crippen LogP contribution in [0.25, 0.3) is 6.08 Å². The van der Waals surface area contributed by atoms with Gasteiger partial charge in [-0.25, -0.2) is 9.80 Å². The zero-order valence-corrected chi connectivity index (χ0v) is 15.1. The summed E-state index contributed by atoms with van der Waals surface area (Å²) in [6.07, 6.45) is 1.47. The van der Waals surface area contributed by atoms with Crippen LogP contribution in [0.15, 0.2) is 53.4 Å². The number of carboxylic acids is 1. The number of aromatic carboxylic acids is 1. The second-order valence-electron chi connectivity index (χ2n) is 5.33. The maximum Gasteiger partial charge on any atom is 0.336 e. The molecule has 2 aromatic rings. The summed E-state index contributed by atoms with van der Waals surface area (Å²) in [6, 6.07) is 11.8. The smallest absolute Gasteiger partial charge is 0.336 e. The van der Waals surface area contributed by atoms with Gasteiger partial charge < -0.3 is 5.11 Å². The molecule has 0 saturated carbocycles. The van der Waals surface area contributed by atoms with Gasteiger partial charge in [-0.05, 0) is 42.1 Å². The zero-order valence-electron chi connectivity index (χ0n) is 13.5. The molecule has 2 N–H and O–H groups in total. The first-order chi connectivity index (χ1) is 12.9. The number of carboxylic acid groups (broad SMARTS) is 1. The monoisotopic (exact) mass is 401 g/mol. The third-order valence-electron chi connectivity index (χ3n) is 3.59. The number of amides is 1. The Labute approximate surface area is 162 Å². The van der Waals surface area contributed by atoms with Crippen LogP contribution in [0.2, 0.25) is 0 Å². The van der Waals surface area contributed by atoms with Gasteiger partial charge in [-0.15, -0.1) is 0 Å². The van der Waals surface area contributed by atoms with Gasteiger partial charge in [0.2, 0.25) is 0 Å². The normalized spacial score (nSPS) is 15.3. The number of nitro benzene ring substituents is 1. The fraction of sp³-hybridized carbons (Fsp3) is 0. The number of nitrogens with one attached hydrogen (secondary N) is 1. The number of rotatable bonds is 5. The Hall–Kier alpha value is -3.24. The summed E-state index contributed by atoms with van der Waals surface area (Å²) in [5, 5.41) is 21.1. The molecule has 3 rings (SSSR count). The Kier molecular flexibility index (Phi) is 5.19. The van der Waals surface area contributed by atoms with E-state index in [-0.39, 0.29) is 20.5 Å². The van der Waals surface area contributed by atoms with E-state index in [4.69, 9.17) is 12.2 Å². The van der Waals surface area contributed by atoms with Crippen molar-refractivity contribution >= 4 is 57.6 Å². The molecule has 136 valence electrons. The summed E-state index contributed by atoms with van der Waals surface area (Å²) in [5.41, 5.74) is 3.64. The number of benzene rings is 2. The summed E-state index contributed by atoms with van der Waals surface area (Å²) in [5.74, 6) is -1.54. The minimum absolute atomic E-state index is 0.0730. The van der Waals surface area contributed by atoms with E-state index in [1.807, 2.05) is 0 Å². The van der Waals surface area contributed by atoms with E-state index in [9.17, 15) is 24.8 Å². The molecular weight excluding hydrogens is 390 g/mol. The number of thioether (sulfide) groups is 1. The van der Waals surface area contributed by atoms with Crippen LogP contribution in [0.3, 0.4) is 0 Å². The van der Waals surface area contributed by atoms with Gasteiger partial charge in [-0.2, -0.15) is 0 Å². The molecule has 1 amide bonds. The third kappa shape index (κ3) is 3.96. The first kappa shape index (κ1) is 18.5. The van der Waals surface area contributed by atoms with Crippen LogP contribution >= 0.6 is 24.0 Å². The fourth-order valence-corrected chi connectivity index (χ4v) is 3.48. The molecule has 0 aromatic heterocycles. The van der Waals surface area contributed by atoms with E-state index in [1.54, 1.807) is 18.2 Å². The molecule has 8 nitrogen and oxygen atoms in total. The van der Waals surface area contributed by atoms with Gasteiger partial charge in [0.05, 0.1) is 21.1 Å². The largest absolute Gasteiger partial charge is 0.478 e. The van der Waals surface area contributed by atoms with E-state index in [1.165, 1.54) is 36.4 Å². The maximum atomic E-state index is 12.6. The molecule has 0 spiro atoms. The van der Waals surface area contributed by atoms with Gasteiger partial charge in [-0.3, -0.25) is 20.3 Å². The summed E-state index contributed by atoms with van der Waals surface area (Å²) < 4.78 is 0.234. The predicted octanol–water partition coefficient (Wildman–Crippen LogP) is 3.52. The van der Waals surface area contributed by atoms with E-state index >= 15 is 0 Å². The van der Waals surface area contributed by atoms with Crippen molar-refractivity contribution in [2.75, 3.05) is 5.43 Å². The molecule has 1 aliphatic heterocycles. The molecule has 0 atom stereocenters. The Bertz CT molecular complexity index is 988. The first-order valence-electron chi connectivity index (χ1n) is 7.48. The lowest BCUT2D eigenvalue weighted by atomic mass is 10.1. The van der Waals surface area contributed by atoms with E-state index in [0.717, 1.165) is 16.8 Å². The first-order valence-corrected chi connectivity index (χ1v) is 8.70. The van der Waals surface area contributed by atoms with Crippen molar-refractivity contribution in [1.29, 1.82) is 0 Å². The topological polar surface area (TPSA) is 113 Å². The van der Waals surface area contributed by atoms with Crippen molar-refractivity contribution in [3.8, 4) is 0 Å². The van der Waals surface area contributed by atoms with Crippen molar-refractivity contribution in [3.05, 3.63) is 74.7 Å². The van der Waals surface area contributed by atoms with Crippen LogP contribution in [-0.2, 0) is 4.79 Å². The molecule has 2 aromatic carbocycles. The number of non-ortho nitro benzene ring substituents is 1. The van der Waals surface area contributed by atoms with Crippen LogP contribution in [0.5, 0.6) is 0 Å². The number of anilines is 1. The molecule has 1 heterocycles. The molecule has 0 aliphatic carbocycles. The zero-order chi connectivity index (χ0) is 19.6. The van der Waals surface area contributed by atoms with Crippen molar-refractivity contribution in [2.24, 2.45) is 0 Å². The minimum Gasteiger partial charge on any atom is -0.478 e. The minimum atomic E-state index is -1.10. The molecule has 1 saturated heterocycles. The van der Waals surface area contributed by atoms with Gasteiger partial charge in [-0.1, -0.05) is 30.0 Å². The van der Waals surface area contributed by atoms with E-state index < -0.39 is 16.8 Å². The molecular formula is C17H11N3O5S2.